The second-order valence-electron chi connectivity index (χ2n) is 3.74. The van der Waals surface area contributed by atoms with Crippen molar-refractivity contribution >= 4 is 5.97 Å². The Balaban J connectivity index is 2.08. The average Bonchev–Trinajstić information content (AvgIpc) is 2.87. The van der Waals surface area contributed by atoms with E-state index in [9.17, 15) is 4.79 Å². The second-order valence-corrected chi connectivity index (χ2v) is 3.74. The van der Waals surface area contributed by atoms with Crippen LogP contribution in [0.5, 0.6) is 5.75 Å². The fourth-order valence-electron chi connectivity index (χ4n) is 1.58. The summed E-state index contributed by atoms with van der Waals surface area (Å²) >= 11 is 0. The van der Waals surface area contributed by atoms with Gasteiger partial charge >= 0.3 is 5.97 Å². The fourth-order valence-corrected chi connectivity index (χ4v) is 1.58. The third-order valence-corrected chi connectivity index (χ3v) is 2.54. The lowest BCUT2D eigenvalue weighted by molar-refractivity contribution is 0.0593. The highest BCUT2D eigenvalue weighted by molar-refractivity contribution is 5.86. The van der Waals surface area contributed by atoms with Gasteiger partial charge in [0.2, 0.25) is 0 Å². The first-order valence-electron chi connectivity index (χ1n) is 5.47. The lowest BCUT2D eigenvalue weighted by atomic mass is 10.2. The third-order valence-electron chi connectivity index (χ3n) is 2.54. The number of hydrogen-bond acceptors (Lipinski definition) is 4. The Morgan fingerprint density at radius 2 is 1.94 bits per heavy atom. The summed E-state index contributed by atoms with van der Waals surface area (Å²) in [6.07, 6.45) is 1.75. The van der Waals surface area contributed by atoms with Crippen molar-refractivity contribution in [2.45, 2.75) is 6.54 Å². The van der Waals surface area contributed by atoms with E-state index in [1.165, 1.54) is 7.11 Å². The smallest absolute Gasteiger partial charge is 0.358 e. The Kier molecular flexibility index (Phi) is 3.62. The number of rotatable bonds is 4. The molecule has 18 heavy (non-hydrogen) atoms. The Hall–Kier alpha value is -2.30. The molecular formula is C13H14N2O3. The molecule has 0 aliphatic carbocycles. The summed E-state index contributed by atoms with van der Waals surface area (Å²) in [7, 11) is 2.97. The van der Waals surface area contributed by atoms with Crippen LogP contribution in [0.2, 0.25) is 0 Å². The van der Waals surface area contributed by atoms with Gasteiger partial charge in [-0.1, -0.05) is 12.1 Å². The largest absolute Gasteiger partial charge is 0.497 e. The van der Waals surface area contributed by atoms with Gasteiger partial charge in [0.1, 0.15) is 5.75 Å². The van der Waals surface area contributed by atoms with Crippen molar-refractivity contribution in [2.75, 3.05) is 14.2 Å². The highest BCUT2D eigenvalue weighted by Crippen LogP contribution is 2.12. The lowest BCUT2D eigenvalue weighted by Crippen LogP contribution is -2.05. The summed E-state index contributed by atoms with van der Waals surface area (Å²) in [5, 5.41) is 4.13. The number of aromatic nitrogens is 2. The van der Waals surface area contributed by atoms with Crippen LogP contribution in [-0.4, -0.2) is 30.0 Å². The molecule has 0 unspecified atom stereocenters. The molecule has 0 atom stereocenters. The van der Waals surface area contributed by atoms with Crippen LogP contribution in [0.3, 0.4) is 0 Å². The number of methoxy groups -OCH3 is 2. The van der Waals surface area contributed by atoms with Gasteiger partial charge in [-0.15, -0.1) is 0 Å². The van der Waals surface area contributed by atoms with Crippen LogP contribution in [0, 0.1) is 0 Å². The number of carbonyl (C=O) groups is 1. The molecule has 0 radical (unpaired) electrons. The highest BCUT2D eigenvalue weighted by Gasteiger charge is 2.08. The van der Waals surface area contributed by atoms with Crippen LogP contribution in [-0.2, 0) is 11.3 Å². The zero-order valence-electron chi connectivity index (χ0n) is 10.3. The number of hydrogen-bond donors (Lipinski definition) is 0. The van der Waals surface area contributed by atoms with Crippen molar-refractivity contribution in [3.05, 3.63) is 47.8 Å². The first kappa shape index (κ1) is 12.2. The molecule has 0 saturated heterocycles. The zero-order chi connectivity index (χ0) is 13.0. The zero-order valence-corrected chi connectivity index (χ0v) is 10.3. The average molecular weight is 246 g/mol. The first-order chi connectivity index (χ1) is 8.72. The van der Waals surface area contributed by atoms with E-state index in [0.717, 1.165) is 11.3 Å². The summed E-state index contributed by atoms with van der Waals surface area (Å²) in [6, 6.07) is 9.33. The number of nitrogens with zero attached hydrogens (tertiary/aromatic N) is 2. The van der Waals surface area contributed by atoms with Crippen molar-refractivity contribution in [3.63, 3.8) is 0 Å². The monoisotopic (exact) mass is 246 g/mol. The van der Waals surface area contributed by atoms with Gasteiger partial charge in [-0.3, -0.25) is 4.68 Å². The topological polar surface area (TPSA) is 53.4 Å². The number of benzene rings is 1. The van der Waals surface area contributed by atoms with Crippen LogP contribution in [0.1, 0.15) is 16.1 Å². The minimum atomic E-state index is -0.427. The molecule has 0 aliphatic heterocycles. The Morgan fingerprint density at radius 1 is 1.22 bits per heavy atom. The maximum Gasteiger partial charge on any atom is 0.358 e. The van der Waals surface area contributed by atoms with Gasteiger partial charge < -0.3 is 9.47 Å². The second kappa shape index (κ2) is 5.35. The van der Waals surface area contributed by atoms with Crippen LogP contribution in [0.25, 0.3) is 0 Å². The van der Waals surface area contributed by atoms with E-state index in [0.29, 0.717) is 12.2 Å². The van der Waals surface area contributed by atoms with Gasteiger partial charge in [-0.05, 0) is 23.8 Å². The predicted molar refractivity (Wildman–Crippen MR) is 65.7 cm³/mol. The third kappa shape index (κ3) is 2.68. The molecule has 2 aromatic rings. The molecule has 0 amide bonds. The number of carbonyl (C=O) groups excluding carboxylic acids is 1. The van der Waals surface area contributed by atoms with Crippen LogP contribution in [0.15, 0.2) is 36.5 Å². The van der Waals surface area contributed by atoms with E-state index in [2.05, 4.69) is 9.84 Å². The molecule has 0 fully saturated rings. The van der Waals surface area contributed by atoms with E-state index >= 15 is 0 Å². The van der Waals surface area contributed by atoms with Gasteiger partial charge in [0.25, 0.3) is 0 Å². The van der Waals surface area contributed by atoms with Crippen LogP contribution < -0.4 is 4.74 Å². The van der Waals surface area contributed by atoms with Crippen molar-refractivity contribution in [2.24, 2.45) is 0 Å². The minimum absolute atomic E-state index is 0.311. The molecule has 1 heterocycles. The molecule has 1 aromatic heterocycles. The fraction of sp³-hybridized carbons (Fsp3) is 0.231. The maximum atomic E-state index is 11.2. The Labute approximate surface area is 105 Å². The van der Waals surface area contributed by atoms with Crippen molar-refractivity contribution in [3.8, 4) is 5.75 Å². The van der Waals surface area contributed by atoms with Gasteiger partial charge in [-0.25, -0.2) is 4.79 Å². The van der Waals surface area contributed by atoms with Crippen molar-refractivity contribution in [1.82, 2.24) is 9.78 Å². The minimum Gasteiger partial charge on any atom is -0.497 e. The molecule has 0 bridgehead atoms. The number of esters is 1. The summed E-state index contributed by atoms with van der Waals surface area (Å²) in [5.41, 5.74) is 1.39. The highest BCUT2D eigenvalue weighted by atomic mass is 16.5. The molecule has 1 aromatic carbocycles. The van der Waals surface area contributed by atoms with Gasteiger partial charge in [-0.2, -0.15) is 5.10 Å². The van der Waals surface area contributed by atoms with E-state index < -0.39 is 5.97 Å². The van der Waals surface area contributed by atoms with Gasteiger partial charge in [0.15, 0.2) is 5.69 Å². The summed E-state index contributed by atoms with van der Waals surface area (Å²) in [5.74, 6) is 0.387. The molecule has 0 spiro atoms. The maximum absolute atomic E-state index is 11.2. The van der Waals surface area contributed by atoms with Crippen LogP contribution >= 0.6 is 0 Å². The molecule has 5 nitrogen and oxygen atoms in total. The van der Waals surface area contributed by atoms with E-state index in [1.807, 2.05) is 24.3 Å². The molecule has 0 saturated carbocycles. The van der Waals surface area contributed by atoms with Gasteiger partial charge in [0.05, 0.1) is 20.8 Å². The van der Waals surface area contributed by atoms with Crippen molar-refractivity contribution < 1.29 is 14.3 Å². The standard InChI is InChI=1S/C13H14N2O3/c1-17-11-5-3-10(4-6-11)9-15-8-7-12(14-15)13(16)18-2/h3-8H,9H2,1-2H3. The van der Waals surface area contributed by atoms with Gasteiger partial charge in [0, 0.05) is 6.20 Å². The molecule has 5 heteroatoms. The summed E-state index contributed by atoms with van der Waals surface area (Å²) < 4.78 is 11.4. The molecule has 0 N–H and O–H groups in total. The molecule has 2 rings (SSSR count). The van der Waals surface area contributed by atoms with E-state index in [1.54, 1.807) is 24.1 Å². The number of ether oxygens (including phenoxy) is 2. The normalized spacial score (nSPS) is 10.1. The Morgan fingerprint density at radius 3 is 2.56 bits per heavy atom. The SMILES string of the molecule is COC(=O)c1ccn(Cc2ccc(OC)cc2)n1. The summed E-state index contributed by atoms with van der Waals surface area (Å²) in [4.78, 5) is 11.2. The van der Waals surface area contributed by atoms with Crippen molar-refractivity contribution in [1.29, 1.82) is 0 Å². The molecule has 0 aliphatic rings. The summed E-state index contributed by atoms with van der Waals surface area (Å²) in [6.45, 7) is 0.598. The van der Waals surface area contributed by atoms with Crippen LogP contribution in [0.4, 0.5) is 0 Å². The lowest BCUT2D eigenvalue weighted by Gasteiger charge is -2.03. The Bertz CT molecular complexity index is 531. The first-order valence-corrected chi connectivity index (χ1v) is 5.47. The van der Waals surface area contributed by atoms with E-state index in [4.69, 9.17) is 4.74 Å². The van der Waals surface area contributed by atoms with E-state index in [-0.39, 0.29) is 0 Å². The molecule has 94 valence electrons. The molecular weight excluding hydrogens is 232 g/mol. The predicted octanol–water partition coefficient (Wildman–Crippen LogP) is 1.73. The quantitative estimate of drug-likeness (QED) is 0.771.